The van der Waals surface area contributed by atoms with Crippen LogP contribution in [0.1, 0.15) is 41.0 Å². The highest BCUT2D eigenvalue weighted by molar-refractivity contribution is 5.43. The van der Waals surface area contributed by atoms with E-state index in [0.717, 1.165) is 49.5 Å². The number of ether oxygens (including phenoxy) is 1. The lowest BCUT2D eigenvalue weighted by atomic mass is 9.74. The third-order valence-corrected chi connectivity index (χ3v) is 7.30. The molecule has 5 rings (SSSR count). The molecule has 3 aromatic rings. The van der Waals surface area contributed by atoms with Gasteiger partial charge in [-0.1, -0.05) is 36.1 Å². The molecule has 0 bridgehead atoms. The first-order valence-electron chi connectivity index (χ1n) is 12.5. The van der Waals surface area contributed by atoms with Gasteiger partial charge in [0.2, 0.25) is 0 Å². The molecule has 0 unspecified atom stereocenters. The first-order valence-corrected chi connectivity index (χ1v) is 12.5. The first-order chi connectivity index (χ1) is 17.2. The number of nitrogens with zero attached hydrogens (tertiary/aromatic N) is 3. The maximum absolute atomic E-state index is 10.2. The van der Waals surface area contributed by atoms with Gasteiger partial charge in [-0.25, -0.2) is 0 Å². The Kier molecular flexibility index (Phi) is 7.44. The minimum Gasteiger partial charge on any atom is -0.497 e. The molecule has 1 N–H and O–H groups in total. The van der Waals surface area contributed by atoms with Gasteiger partial charge in [-0.15, -0.1) is 0 Å². The number of hydrogen-bond donors (Lipinski definition) is 1. The van der Waals surface area contributed by atoms with Crippen LogP contribution in [0.3, 0.4) is 0 Å². The van der Waals surface area contributed by atoms with Crippen molar-refractivity contribution in [3.05, 3.63) is 95.3 Å². The first kappa shape index (κ1) is 23.6. The Balaban J connectivity index is 1.32. The van der Waals surface area contributed by atoms with Crippen LogP contribution < -0.4 is 4.74 Å². The van der Waals surface area contributed by atoms with Crippen LogP contribution in [0.4, 0.5) is 0 Å². The van der Waals surface area contributed by atoms with Crippen LogP contribution in [0.25, 0.3) is 0 Å². The lowest BCUT2D eigenvalue weighted by molar-refractivity contribution is -0.0655. The molecule has 0 spiro atoms. The van der Waals surface area contributed by atoms with Gasteiger partial charge in [0.25, 0.3) is 0 Å². The van der Waals surface area contributed by atoms with E-state index in [2.05, 4.69) is 69.1 Å². The molecule has 1 aromatic heterocycles. The predicted octanol–water partition coefficient (Wildman–Crippen LogP) is 3.91. The molecule has 0 radical (unpaired) electrons. The summed E-state index contributed by atoms with van der Waals surface area (Å²) in [5.41, 5.74) is 4.48. The van der Waals surface area contributed by atoms with Crippen LogP contribution in [0, 0.1) is 11.8 Å². The Morgan fingerprint density at radius 2 is 1.83 bits per heavy atom. The number of aliphatic hydroxyl groups excluding tert-OH is 1. The molecule has 2 saturated heterocycles. The van der Waals surface area contributed by atoms with E-state index in [-0.39, 0.29) is 12.6 Å². The largest absolute Gasteiger partial charge is 0.497 e. The molecular formula is C30H33N3O2. The summed E-state index contributed by atoms with van der Waals surface area (Å²) in [7, 11) is 1.72. The zero-order valence-electron chi connectivity index (χ0n) is 20.3. The maximum Gasteiger partial charge on any atom is 0.119 e. The molecule has 2 aliphatic heterocycles. The Morgan fingerprint density at radius 3 is 2.60 bits per heavy atom. The monoisotopic (exact) mass is 467 g/mol. The topological polar surface area (TPSA) is 48.8 Å². The van der Waals surface area contributed by atoms with Gasteiger partial charge in [-0.2, -0.15) is 0 Å². The number of aliphatic hydroxyl groups is 1. The average molecular weight is 468 g/mol. The van der Waals surface area contributed by atoms with Crippen molar-refractivity contribution in [1.82, 2.24) is 14.8 Å². The van der Waals surface area contributed by atoms with Gasteiger partial charge in [0, 0.05) is 54.6 Å². The number of rotatable bonds is 5. The van der Waals surface area contributed by atoms with Crippen molar-refractivity contribution in [2.45, 2.75) is 37.4 Å². The molecule has 35 heavy (non-hydrogen) atoms. The van der Waals surface area contributed by atoms with Crippen LogP contribution in [0.15, 0.2) is 73.1 Å². The Hall–Kier alpha value is -3.17. The third-order valence-electron chi connectivity index (χ3n) is 7.30. The summed E-state index contributed by atoms with van der Waals surface area (Å²) in [5, 5.41) is 10.2. The highest BCUT2D eigenvalue weighted by Gasteiger charge is 2.48. The lowest BCUT2D eigenvalue weighted by Gasteiger charge is -2.57. The van der Waals surface area contributed by atoms with Gasteiger partial charge < -0.3 is 9.84 Å². The van der Waals surface area contributed by atoms with E-state index in [4.69, 9.17) is 4.74 Å². The van der Waals surface area contributed by atoms with Gasteiger partial charge in [0.05, 0.1) is 13.7 Å². The van der Waals surface area contributed by atoms with Crippen molar-refractivity contribution in [3.63, 3.8) is 0 Å². The number of aromatic nitrogens is 1. The zero-order chi connectivity index (χ0) is 24.0. The maximum atomic E-state index is 10.2. The minimum absolute atomic E-state index is 0.184. The highest BCUT2D eigenvalue weighted by Crippen LogP contribution is 2.42. The van der Waals surface area contributed by atoms with Crippen molar-refractivity contribution in [2.24, 2.45) is 0 Å². The number of pyridine rings is 1. The van der Waals surface area contributed by atoms with Crippen LogP contribution in [0.5, 0.6) is 5.75 Å². The molecule has 2 aromatic carbocycles. The molecule has 0 aliphatic carbocycles. The average Bonchev–Trinajstić information content (AvgIpc) is 2.89. The molecule has 3 atom stereocenters. The summed E-state index contributed by atoms with van der Waals surface area (Å²) < 4.78 is 5.43. The van der Waals surface area contributed by atoms with Crippen molar-refractivity contribution in [3.8, 4) is 17.6 Å². The van der Waals surface area contributed by atoms with E-state index in [0.29, 0.717) is 12.0 Å². The van der Waals surface area contributed by atoms with Crippen molar-refractivity contribution < 1.29 is 9.84 Å². The normalized spacial score (nSPS) is 22.6. The molecule has 0 amide bonds. The zero-order valence-corrected chi connectivity index (χ0v) is 20.3. The molecule has 180 valence electrons. The summed E-state index contributed by atoms with van der Waals surface area (Å²) >= 11 is 0. The number of hydrogen-bond acceptors (Lipinski definition) is 5. The Bertz CT molecular complexity index is 1170. The number of benzene rings is 2. The minimum atomic E-state index is 0.184. The van der Waals surface area contributed by atoms with Crippen LogP contribution in [0.2, 0.25) is 0 Å². The Labute approximate surface area is 208 Å². The van der Waals surface area contributed by atoms with E-state index in [1.165, 1.54) is 17.5 Å². The standard InChI is InChI=1S/C30H33N3O2/c1-35-27-8-4-6-25(18-27)20-32-16-2-3-17-33-28(21-32)30(29(33)22-34)26-13-11-23(12-14-26)9-10-24-7-5-15-31-19-24/h4-8,11-15,18-19,28-30,34H,2-3,16-17,20-22H2,1H3/t28-,29+,30-/m1/s1. The summed E-state index contributed by atoms with van der Waals surface area (Å²) in [4.78, 5) is 9.22. The predicted molar refractivity (Wildman–Crippen MR) is 138 cm³/mol. The van der Waals surface area contributed by atoms with E-state index in [9.17, 15) is 5.11 Å². The molecular weight excluding hydrogens is 434 g/mol. The van der Waals surface area contributed by atoms with E-state index >= 15 is 0 Å². The van der Waals surface area contributed by atoms with Gasteiger partial charge >= 0.3 is 0 Å². The van der Waals surface area contributed by atoms with Crippen molar-refractivity contribution in [2.75, 3.05) is 33.4 Å². The van der Waals surface area contributed by atoms with Gasteiger partial charge in [-0.05, 0) is 73.5 Å². The lowest BCUT2D eigenvalue weighted by Crippen LogP contribution is -2.67. The fourth-order valence-electron chi connectivity index (χ4n) is 5.55. The SMILES string of the molecule is COc1cccc(CN2CCCCN3[C@H](C2)[C@@H](c2ccc(C#Cc4cccnc4)cc2)[C@@H]3CO)c1. The van der Waals surface area contributed by atoms with Gasteiger partial charge in [0.15, 0.2) is 0 Å². The summed E-state index contributed by atoms with van der Waals surface area (Å²) in [5.74, 6) is 7.65. The molecule has 2 aliphatic rings. The van der Waals surface area contributed by atoms with Crippen molar-refractivity contribution in [1.29, 1.82) is 0 Å². The van der Waals surface area contributed by atoms with Gasteiger partial charge in [0.1, 0.15) is 5.75 Å². The van der Waals surface area contributed by atoms with Crippen molar-refractivity contribution >= 4 is 0 Å². The van der Waals surface area contributed by atoms with Crippen LogP contribution >= 0.6 is 0 Å². The molecule has 0 saturated carbocycles. The number of methoxy groups -OCH3 is 1. The quantitative estimate of drug-likeness (QED) is 0.577. The highest BCUT2D eigenvalue weighted by atomic mass is 16.5. The second-order valence-corrected chi connectivity index (χ2v) is 9.49. The van der Waals surface area contributed by atoms with E-state index in [1.807, 2.05) is 18.2 Å². The van der Waals surface area contributed by atoms with E-state index < -0.39 is 0 Å². The smallest absolute Gasteiger partial charge is 0.119 e. The third kappa shape index (κ3) is 5.41. The molecule has 2 fully saturated rings. The second-order valence-electron chi connectivity index (χ2n) is 9.49. The Morgan fingerprint density at radius 1 is 1.00 bits per heavy atom. The summed E-state index contributed by atoms with van der Waals surface area (Å²) in [6.07, 6.45) is 5.88. The van der Waals surface area contributed by atoms with E-state index in [1.54, 1.807) is 19.5 Å². The molecule has 5 nitrogen and oxygen atoms in total. The molecule has 3 heterocycles. The molecule has 5 heteroatoms. The van der Waals surface area contributed by atoms with Gasteiger partial charge in [-0.3, -0.25) is 14.8 Å². The summed E-state index contributed by atoms with van der Waals surface area (Å²) in [6.45, 7) is 4.27. The second kappa shape index (κ2) is 11.0. The van der Waals surface area contributed by atoms with Crippen LogP contribution in [-0.4, -0.2) is 65.3 Å². The van der Waals surface area contributed by atoms with Crippen LogP contribution in [-0.2, 0) is 6.54 Å². The summed E-state index contributed by atoms with van der Waals surface area (Å²) in [6, 6.07) is 21.4. The fraction of sp³-hybridized carbons (Fsp3) is 0.367. The number of fused-ring (bicyclic) bond motifs is 1. The fourth-order valence-corrected chi connectivity index (χ4v) is 5.55.